The van der Waals surface area contributed by atoms with Gasteiger partial charge in [0.25, 0.3) is 0 Å². The smallest absolute Gasteiger partial charge is 0.416 e. The first-order chi connectivity index (χ1) is 14.7. The van der Waals surface area contributed by atoms with Crippen LogP contribution < -0.4 is 10.5 Å². The van der Waals surface area contributed by atoms with Crippen LogP contribution in [0.4, 0.5) is 13.2 Å². The van der Waals surface area contributed by atoms with Crippen molar-refractivity contribution in [1.82, 2.24) is 0 Å². The van der Waals surface area contributed by atoms with Crippen molar-refractivity contribution in [3.63, 3.8) is 0 Å². The van der Waals surface area contributed by atoms with E-state index in [1.165, 1.54) is 38.3 Å². The Labute approximate surface area is 175 Å². The number of nitrogens with two attached hydrogens (primary N) is 1. The number of allylic oxidation sites excluding steroid dienone is 2. The second-order valence-corrected chi connectivity index (χ2v) is 6.50. The lowest BCUT2D eigenvalue weighted by Crippen LogP contribution is -2.24. The van der Waals surface area contributed by atoms with Crippen LogP contribution in [-0.2, 0) is 27.1 Å². The number of ether oxygens (including phenoxy) is 3. The highest BCUT2D eigenvalue weighted by molar-refractivity contribution is 5.92. The van der Waals surface area contributed by atoms with Crippen LogP contribution in [0, 0.1) is 11.3 Å². The summed E-state index contributed by atoms with van der Waals surface area (Å²) < 4.78 is 59.7. The van der Waals surface area contributed by atoms with Crippen molar-refractivity contribution in [3.8, 4) is 11.8 Å². The molecule has 0 saturated carbocycles. The molecule has 7 nitrogen and oxygen atoms in total. The second-order valence-electron chi connectivity index (χ2n) is 6.50. The molecule has 0 amide bonds. The standard InChI is InChI=1S/C21H17F3N2O5/c1-11-17(20(27)28-2)18(15(9-25)19(26)30-11)16-7-6-14(31-16)10-29-13-5-3-4-12(8-13)21(22,23)24/h3-8,18H,10,26H2,1-2H3. The Morgan fingerprint density at radius 3 is 2.68 bits per heavy atom. The SMILES string of the molecule is COC(=O)C1=C(C)OC(N)=C(C#N)C1c1ccc(COc2cccc(C(F)(F)F)c2)o1. The van der Waals surface area contributed by atoms with Gasteiger partial charge in [0.05, 0.1) is 24.2 Å². The molecule has 1 aromatic carbocycles. The van der Waals surface area contributed by atoms with Crippen molar-refractivity contribution in [2.75, 3.05) is 7.11 Å². The quantitative estimate of drug-likeness (QED) is 0.705. The zero-order valence-electron chi connectivity index (χ0n) is 16.4. The van der Waals surface area contributed by atoms with E-state index < -0.39 is 23.6 Å². The van der Waals surface area contributed by atoms with Gasteiger partial charge < -0.3 is 24.4 Å². The lowest BCUT2D eigenvalue weighted by molar-refractivity contribution is -0.138. The number of hydrogen-bond acceptors (Lipinski definition) is 7. The van der Waals surface area contributed by atoms with Gasteiger partial charge in [-0.05, 0) is 37.3 Å². The maximum absolute atomic E-state index is 12.8. The molecule has 1 aliphatic rings. The third-order valence-electron chi connectivity index (χ3n) is 4.52. The molecule has 0 aliphatic carbocycles. The van der Waals surface area contributed by atoms with Crippen LogP contribution in [0.2, 0.25) is 0 Å². The zero-order valence-corrected chi connectivity index (χ0v) is 16.4. The molecule has 0 radical (unpaired) electrons. The molecular weight excluding hydrogens is 417 g/mol. The van der Waals surface area contributed by atoms with Crippen LogP contribution in [0.3, 0.4) is 0 Å². The molecule has 0 fully saturated rings. The predicted molar refractivity (Wildman–Crippen MR) is 99.9 cm³/mol. The van der Waals surface area contributed by atoms with E-state index in [9.17, 15) is 23.2 Å². The Kier molecular flexibility index (Phi) is 5.97. The number of benzene rings is 1. The van der Waals surface area contributed by atoms with Crippen molar-refractivity contribution in [2.24, 2.45) is 5.73 Å². The van der Waals surface area contributed by atoms with Gasteiger partial charge in [0, 0.05) is 0 Å². The van der Waals surface area contributed by atoms with Crippen LogP contribution in [0.5, 0.6) is 5.75 Å². The van der Waals surface area contributed by atoms with Crippen molar-refractivity contribution in [3.05, 3.63) is 76.3 Å². The summed E-state index contributed by atoms with van der Waals surface area (Å²) in [6.07, 6.45) is -4.49. The minimum absolute atomic E-state index is 0.00619. The summed E-state index contributed by atoms with van der Waals surface area (Å²) in [7, 11) is 1.18. The van der Waals surface area contributed by atoms with Gasteiger partial charge in [0.2, 0.25) is 5.88 Å². The fourth-order valence-electron chi connectivity index (χ4n) is 3.08. The molecule has 2 heterocycles. The number of hydrogen-bond donors (Lipinski definition) is 1. The number of nitriles is 1. The Bertz CT molecular complexity index is 1110. The maximum Gasteiger partial charge on any atom is 0.416 e. The largest absolute Gasteiger partial charge is 0.486 e. The summed E-state index contributed by atoms with van der Waals surface area (Å²) in [5, 5.41) is 9.50. The van der Waals surface area contributed by atoms with Crippen LogP contribution >= 0.6 is 0 Å². The van der Waals surface area contributed by atoms with Gasteiger partial charge in [-0.25, -0.2) is 4.79 Å². The van der Waals surface area contributed by atoms with Crippen LogP contribution in [0.25, 0.3) is 0 Å². The van der Waals surface area contributed by atoms with E-state index in [1.54, 1.807) is 0 Å². The van der Waals surface area contributed by atoms with Gasteiger partial charge in [-0.3, -0.25) is 0 Å². The molecule has 0 spiro atoms. The lowest BCUT2D eigenvalue weighted by Gasteiger charge is -2.24. The number of halogens is 3. The molecule has 1 aliphatic heterocycles. The third kappa shape index (κ3) is 4.50. The van der Waals surface area contributed by atoms with E-state index >= 15 is 0 Å². The highest BCUT2D eigenvalue weighted by Gasteiger charge is 2.38. The van der Waals surface area contributed by atoms with E-state index in [2.05, 4.69) is 0 Å². The molecule has 1 unspecified atom stereocenters. The normalized spacial score (nSPS) is 16.6. The van der Waals surface area contributed by atoms with Gasteiger partial charge in [0.15, 0.2) is 0 Å². The van der Waals surface area contributed by atoms with Gasteiger partial charge >= 0.3 is 12.1 Å². The number of carbonyl (C=O) groups is 1. The number of methoxy groups -OCH3 is 1. The number of carbonyl (C=O) groups excluding carboxylic acids is 1. The second kappa shape index (κ2) is 8.47. The van der Waals surface area contributed by atoms with E-state index in [-0.39, 0.29) is 46.7 Å². The summed E-state index contributed by atoms with van der Waals surface area (Å²) in [6.45, 7) is 1.32. The summed E-state index contributed by atoms with van der Waals surface area (Å²) in [5.74, 6) is -1.23. The number of furan rings is 1. The average Bonchev–Trinajstić information content (AvgIpc) is 3.19. The minimum Gasteiger partial charge on any atom is -0.486 e. The molecule has 1 aromatic heterocycles. The topological polar surface area (TPSA) is 108 Å². The first-order valence-corrected chi connectivity index (χ1v) is 8.91. The lowest BCUT2D eigenvalue weighted by atomic mass is 9.87. The van der Waals surface area contributed by atoms with E-state index in [0.717, 1.165) is 12.1 Å². The van der Waals surface area contributed by atoms with Gasteiger partial charge in [-0.15, -0.1) is 0 Å². The van der Waals surface area contributed by atoms with Crippen molar-refractivity contribution in [1.29, 1.82) is 5.26 Å². The molecule has 1 atom stereocenters. The number of nitrogens with zero attached hydrogens (tertiary/aromatic N) is 1. The highest BCUT2D eigenvalue weighted by Crippen LogP contribution is 2.40. The third-order valence-corrected chi connectivity index (χ3v) is 4.52. The summed E-state index contributed by atoms with van der Waals surface area (Å²) in [5.41, 5.74) is 4.97. The monoisotopic (exact) mass is 434 g/mol. The fourth-order valence-corrected chi connectivity index (χ4v) is 3.08. The Morgan fingerprint density at radius 1 is 1.29 bits per heavy atom. The first-order valence-electron chi connectivity index (χ1n) is 8.91. The molecule has 31 heavy (non-hydrogen) atoms. The van der Waals surface area contributed by atoms with Crippen LogP contribution in [0.1, 0.15) is 29.9 Å². The summed E-state index contributed by atoms with van der Waals surface area (Å²) in [4.78, 5) is 12.3. The average molecular weight is 434 g/mol. The summed E-state index contributed by atoms with van der Waals surface area (Å²) >= 11 is 0. The van der Waals surface area contributed by atoms with Crippen LogP contribution in [0.15, 0.2) is 63.6 Å². The van der Waals surface area contributed by atoms with Crippen molar-refractivity contribution in [2.45, 2.75) is 25.6 Å². The fraction of sp³-hybridized carbons (Fsp3) is 0.238. The van der Waals surface area contributed by atoms with Crippen molar-refractivity contribution < 1.29 is 36.6 Å². The molecule has 0 saturated heterocycles. The number of rotatable bonds is 5. The maximum atomic E-state index is 12.8. The highest BCUT2D eigenvalue weighted by atomic mass is 19.4. The summed E-state index contributed by atoms with van der Waals surface area (Å²) in [6, 6.07) is 9.38. The molecule has 162 valence electrons. The van der Waals surface area contributed by atoms with Gasteiger partial charge in [-0.1, -0.05) is 6.07 Å². The number of alkyl halides is 3. The van der Waals surface area contributed by atoms with E-state index in [4.69, 9.17) is 24.4 Å². The molecule has 2 N–H and O–H groups in total. The van der Waals surface area contributed by atoms with Crippen LogP contribution in [-0.4, -0.2) is 13.1 Å². The minimum atomic E-state index is -4.49. The first kappa shape index (κ1) is 21.8. The Morgan fingerprint density at radius 2 is 2.03 bits per heavy atom. The molecule has 10 heteroatoms. The van der Waals surface area contributed by atoms with Gasteiger partial charge in [-0.2, -0.15) is 18.4 Å². The zero-order chi connectivity index (χ0) is 22.8. The van der Waals surface area contributed by atoms with E-state index in [0.29, 0.717) is 0 Å². The molecule has 2 aromatic rings. The molecular formula is C21H17F3N2O5. The van der Waals surface area contributed by atoms with E-state index in [1.807, 2.05) is 6.07 Å². The molecule has 3 rings (SSSR count). The Balaban J connectivity index is 1.86. The van der Waals surface area contributed by atoms with Crippen molar-refractivity contribution >= 4 is 5.97 Å². The Hall–Kier alpha value is -3.87. The van der Waals surface area contributed by atoms with Gasteiger partial charge in [0.1, 0.15) is 41.3 Å². The predicted octanol–water partition coefficient (Wildman–Crippen LogP) is 4.13. The molecule has 0 bridgehead atoms. The number of esters is 1.